The van der Waals surface area contributed by atoms with Gasteiger partial charge in [0.15, 0.2) is 6.29 Å². The second kappa shape index (κ2) is 3.34. The van der Waals surface area contributed by atoms with Gasteiger partial charge >= 0.3 is 0 Å². The highest BCUT2D eigenvalue weighted by molar-refractivity contribution is 5.96. The topological polar surface area (TPSA) is 67.8 Å². The standard InChI is InChI=1S/C10H11N3O2/c1-3-13-10-9(6(2)12-13)7(5-14)4-8(15)11-10/h4-5H,3H2,1-2H3,(H,11,15). The molecule has 0 aliphatic heterocycles. The summed E-state index contributed by atoms with van der Waals surface area (Å²) < 4.78 is 1.68. The lowest BCUT2D eigenvalue weighted by Crippen LogP contribution is -2.08. The molecule has 0 aliphatic carbocycles. The highest BCUT2D eigenvalue weighted by Gasteiger charge is 2.11. The number of hydrogen-bond donors (Lipinski definition) is 1. The second-order valence-corrected chi connectivity index (χ2v) is 3.33. The van der Waals surface area contributed by atoms with Crippen molar-refractivity contribution in [3.63, 3.8) is 0 Å². The average Bonchev–Trinajstić information content (AvgIpc) is 2.54. The Hall–Kier alpha value is -1.91. The molecule has 0 amide bonds. The molecule has 2 aromatic rings. The van der Waals surface area contributed by atoms with E-state index in [0.717, 1.165) is 11.1 Å². The SMILES string of the molecule is CCn1nc(C)c2c(C=O)cc(=O)[nH]c21. The van der Waals surface area contributed by atoms with E-state index in [0.29, 0.717) is 24.0 Å². The molecule has 0 aliphatic rings. The van der Waals surface area contributed by atoms with Crippen LogP contribution < -0.4 is 5.56 Å². The minimum Gasteiger partial charge on any atom is -0.307 e. The summed E-state index contributed by atoms with van der Waals surface area (Å²) in [7, 11) is 0. The quantitative estimate of drug-likeness (QED) is 0.739. The number of nitrogens with zero attached hydrogens (tertiary/aromatic N) is 2. The van der Waals surface area contributed by atoms with Gasteiger partial charge in [0.1, 0.15) is 5.65 Å². The molecule has 2 rings (SSSR count). The number of aryl methyl sites for hydroxylation is 2. The van der Waals surface area contributed by atoms with E-state index in [2.05, 4.69) is 10.1 Å². The smallest absolute Gasteiger partial charge is 0.250 e. The Bertz CT molecular complexity index is 580. The summed E-state index contributed by atoms with van der Waals surface area (Å²) >= 11 is 0. The number of H-pyrrole nitrogens is 1. The van der Waals surface area contributed by atoms with E-state index in [1.165, 1.54) is 6.07 Å². The fraction of sp³-hybridized carbons (Fsp3) is 0.300. The zero-order valence-corrected chi connectivity index (χ0v) is 8.57. The van der Waals surface area contributed by atoms with Gasteiger partial charge in [0, 0.05) is 18.2 Å². The number of hydrogen-bond acceptors (Lipinski definition) is 3. The molecular formula is C10H11N3O2. The second-order valence-electron chi connectivity index (χ2n) is 3.33. The van der Waals surface area contributed by atoms with Crippen molar-refractivity contribution in [1.29, 1.82) is 0 Å². The lowest BCUT2D eigenvalue weighted by molar-refractivity contribution is 0.112. The fourth-order valence-corrected chi connectivity index (χ4v) is 1.74. The molecule has 0 saturated heterocycles. The van der Waals surface area contributed by atoms with Crippen molar-refractivity contribution in [2.75, 3.05) is 0 Å². The Balaban J connectivity index is 2.97. The van der Waals surface area contributed by atoms with E-state index in [4.69, 9.17) is 0 Å². The first-order valence-corrected chi connectivity index (χ1v) is 4.73. The van der Waals surface area contributed by atoms with Crippen LogP contribution in [0.3, 0.4) is 0 Å². The normalized spacial score (nSPS) is 10.8. The number of carbonyl (C=O) groups is 1. The largest absolute Gasteiger partial charge is 0.307 e. The third kappa shape index (κ3) is 1.36. The van der Waals surface area contributed by atoms with Gasteiger partial charge in [-0.3, -0.25) is 9.59 Å². The van der Waals surface area contributed by atoms with Crippen LogP contribution in [0, 0.1) is 6.92 Å². The minimum absolute atomic E-state index is 0.279. The maximum atomic E-state index is 11.3. The van der Waals surface area contributed by atoms with Crippen LogP contribution in [0.1, 0.15) is 23.0 Å². The summed E-state index contributed by atoms with van der Waals surface area (Å²) in [4.78, 5) is 24.8. The van der Waals surface area contributed by atoms with Crippen LogP contribution in [0.4, 0.5) is 0 Å². The van der Waals surface area contributed by atoms with Gasteiger partial charge in [0.2, 0.25) is 5.56 Å². The zero-order chi connectivity index (χ0) is 11.0. The molecule has 0 fully saturated rings. The van der Waals surface area contributed by atoms with Crippen LogP contribution in [-0.2, 0) is 6.54 Å². The molecule has 0 radical (unpaired) electrons. The Morgan fingerprint density at radius 3 is 2.93 bits per heavy atom. The Morgan fingerprint density at radius 2 is 2.33 bits per heavy atom. The minimum atomic E-state index is -0.279. The van der Waals surface area contributed by atoms with E-state index in [-0.39, 0.29) is 5.56 Å². The molecule has 0 saturated carbocycles. The first-order chi connectivity index (χ1) is 7.17. The summed E-state index contributed by atoms with van der Waals surface area (Å²) in [5, 5.41) is 4.97. The van der Waals surface area contributed by atoms with Gasteiger partial charge in [-0.25, -0.2) is 4.68 Å². The fourth-order valence-electron chi connectivity index (χ4n) is 1.74. The number of aromatic nitrogens is 3. The Kier molecular flexibility index (Phi) is 2.15. The van der Waals surface area contributed by atoms with Crippen LogP contribution in [-0.4, -0.2) is 21.1 Å². The van der Waals surface area contributed by atoms with Crippen molar-refractivity contribution < 1.29 is 4.79 Å². The molecule has 0 atom stereocenters. The summed E-state index contributed by atoms with van der Waals surface area (Å²) in [6.45, 7) is 4.40. The average molecular weight is 205 g/mol. The van der Waals surface area contributed by atoms with Crippen molar-refractivity contribution in [3.05, 3.63) is 27.7 Å². The van der Waals surface area contributed by atoms with Crippen LogP contribution in [0.15, 0.2) is 10.9 Å². The third-order valence-electron chi connectivity index (χ3n) is 2.37. The van der Waals surface area contributed by atoms with Gasteiger partial charge in [-0.15, -0.1) is 0 Å². The van der Waals surface area contributed by atoms with Crippen LogP contribution in [0.5, 0.6) is 0 Å². The molecule has 0 spiro atoms. The summed E-state index contributed by atoms with van der Waals surface area (Å²) in [6.07, 6.45) is 0.687. The number of rotatable bonds is 2. The molecule has 2 aromatic heterocycles. The molecule has 0 unspecified atom stereocenters. The van der Waals surface area contributed by atoms with Crippen LogP contribution in [0.2, 0.25) is 0 Å². The van der Waals surface area contributed by atoms with Gasteiger partial charge < -0.3 is 4.98 Å². The van der Waals surface area contributed by atoms with E-state index in [1.807, 2.05) is 13.8 Å². The number of aldehydes is 1. The van der Waals surface area contributed by atoms with Gasteiger partial charge in [0.25, 0.3) is 0 Å². The van der Waals surface area contributed by atoms with Gasteiger partial charge in [-0.05, 0) is 13.8 Å². The van der Waals surface area contributed by atoms with Crippen molar-refractivity contribution in [2.24, 2.45) is 0 Å². The van der Waals surface area contributed by atoms with Gasteiger partial charge in [-0.2, -0.15) is 5.10 Å². The predicted molar refractivity (Wildman–Crippen MR) is 56.2 cm³/mol. The number of nitrogens with one attached hydrogen (secondary N) is 1. The lowest BCUT2D eigenvalue weighted by Gasteiger charge is -1.98. The van der Waals surface area contributed by atoms with E-state index < -0.39 is 0 Å². The summed E-state index contributed by atoms with van der Waals surface area (Å²) in [6, 6.07) is 1.30. The van der Waals surface area contributed by atoms with Crippen molar-refractivity contribution in [1.82, 2.24) is 14.8 Å². The predicted octanol–water partition coefficient (Wildman–Crippen LogP) is 0.865. The highest BCUT2D eigenvalue weighted by Crippen LogP contribution is 2.17. The molecule has 0 bridgehead atoms. The Morgan fingerprint density at radius 1 is 1.60 bits per heavy atom. The molecule has 78 valence electrons. The van der Waals surface area contributed by atoms with Crippen molar-refractivity contribution in [3.8, 4) is 0 Å². The monoisotopic (exact) mass is 205 g/mol. The van der Waals surface area contributed by atoms with Gasteiger partial charge in [-0.1, -0.05) is 0 Å². The lowest BCUT2D eigenvalue weighted by atomic mass is 10.2. The highest BCUT2D eigenvalue weighted by atomic mass is 16.1. The molecule has 15 heavy (non-hydrogen) atoms. The number of aromatic amines is 1. The summed E-state index contributed by atoms with van der Waals surface area (Å²) in [5.41, 5.74) is 1.49. The van der Waals surface area contributed by atoms with E-state index >= 15 is 0 Å². The van der Waals surface area contributed by atoms with Crippen LogP contribution >= 0.6 is 0 Å². The number of fused-ring (bicyclic) bond motifs is 1. The van der Waals surface area contributed by atoms with Crippen LogP contribution in [0.25, 0.3) is 11.0 Å². The van der Waals surface area contributed by atoms with Gasteiger partial charge in [0.05, 0.1) is 11.1 Å². The molecule has 1 N–H and O–H groups in total. The first kappa shape index (κ1) is 9.64. The number of pyridine rings is 1. The molecule has 2 heterocycles. The maximum Gasteiger partial charge on any atom is 0.250 e. The molecule has 5 heteroatoms. The maximum absolute atomic E-state index is 11.3. The van der Waals surface area contributed by atoms with Crippen molar-refractivity contribution in [2.45, 2.75) is 20.4 Å². The first-order valence-electron chi connectivity index (χ1n) is 4.73. The van der Waals surface area contributed by atoms with E-state index in [1.54, 1.807) is 4.68 Å². The summed E-state index contributed by atoms with van der Waals surface area (Å²) in [5.74, 6) is 0. The Labute approximate surface area is 85.7 Å². The number of carbonyl (C=O) groups excluding carboxylic acids is 1. The van der Waals surface area contributed by atoms with Crippen molar-refractivity contribution >= 4 is 17.3 Å². The molecule has 0 aromatic carbocycles. The van der Waals surface area contributed by atoms with E-state index in [9.17, 15) is 9.59 Å². The molecular weight excluding hydrogens is 194 g/mol. The third-order valence-corrected chi connectivity index (χ3v) is 2.37. The molecule has 5 nitrogen and oxygen atoms in total. The zero-order valence-electron chi connectivity index (χ0n) is 8.57.